The fourth-order valence-electron chi connectivity index (χ4n) is 1.04. The lowest BCUT2D eigenvalue weighted by atomic mass is 10.2. The maximum absolute atomic E-state index is 8.81. The van der Waals surface area contributed by atoms with E-state index in [1.807, 2.05) is 0 Å². The van der Waals surface area contributed by atoms with Crippen molar-refractivity contribution in [3.63, 3.8) is 0 Å². The Morgan fingerprint density at radius 2 is 2.31 bits per heavy atom. The zero-order valence-corrected chi connectivity index (χ0v) is 9.37. The standard InChI is InChI=1S/C8H2BrClN2S/c9-8-12-6-5(10)2-1-4(3-11)7(6)13-8/h1-2H. The van der Waals surface area contributed by atoms with Crippen LogP contribution in [-0.4, -0.2) is 4.98 Å². The quantitative estimate of drug-likeness (QED) is 0.735. The molecule has 2 rings (SSSR count). The molecule has 0 fully saturated rings. The SMILES string of the molecule is N#Cc1ccc(Cl)c2nc(Br)sc12. The zero-order chi connectivity index (χ0) is 9.42. The molecule has 1 heterocycles. The topological polar surface area (TPSA) is 36.7 Å². The minimum absolute atomic E-state index is 0.580. The van der Waals surface area contributed by atoms with Gasteiger partial charge in [-0.3, -0.25) is 0 Å². The van der Waals surface area contributed by atoms with E-state index in [9.17, 15) is 0 Å². The van der Waals surface area contributed by atoms with E-state index in [1.54, 1.807) is 12.1 Å². The summed E-state index contributed by atoms with van der Waals surface area (Å²) in [5, 5.41) is 9.39. The molecular weight excluding hydrogens is 272 g/mol. The highest BCUT2D eigenvalue weighted by atomic mass is 79.9. The van der Waals surface area contributed by atoms with Crippen LogP contribution in [0.1, 0.15) is 5.56 Å². The lowest BCUT2D eigenvalue weighted by molar-refractivity contribution is 1.44. The minimum Gasteiger partial charge on any atom is -0.227 e. The summed E-state index contributed by atoms with van der Waals surface area (Å²) < 4.78 is 1.58. The number of hydrogen-bond acceptors (Lipinski definition) is 3. The van der Waals surface area contributed by atoms with Crippen LogP contribution in [0.15, 0.2) is 16.0 Å². The number of halogens is 2. The molecule has 64 valence electrons. The fourth-order valence-corrected chi connectivity index (χ4v) is 2.74. The van der Waals surface area contributed by atoms with Crippen molar-refractivity contribution in [2.24, 2.45) is 0 Å². The van der Waals surface area contributed by atoms with Gasteiger partial charge in [0.05, 0.1) is 15.3 Å². The Balaban J connectivity index is 2.94. The van der Waals surface area contributed by atoms with E-state index < -0.39 is 0 Å². The summed E-state index contributed by atoms with van der Waals surface area (Å²) in [5.41, 5.74) is 1.31. The van der Waals surface area contributed by atoms with Crippen molar-refractivity contribution in [3.05, 3.63) is 26.6 Å². The molecule has 0 atom stereocenters. The molecule has 1 aromatic heterocycles. The van der Waals surface area contributed by atoms with Crippen molar-refractivity contribution in [2.45, 2.75) is 0 Å². The normalized spacial score (nSPS) is 10.2. The van der Waals surface area contributed by atoms with E-state index in [0.717, 1.165) is 8.62 Å². The summed E-state index contributed by atoms with van der Waals surface area (Å²) >= 11 is 10.6. The van der Waals surface area contributed by atoms with Crippen molar-refractivity contribution in [2.75, 3.05) is 0 Å². The second-order valence-electron chi connectivity index (χ2n) is 2.35. The van der Waals surface area contributed by atoms with E-state index in [-0.39, 0.29) is 0 Å². The van der Waals surface area contributed by atoms with Gasteiger partial charge in [-0.15, -0.1) is 11.3 Å². The zero-order valence-electron chi connectivity index (χ0n) is 6.21. The van der Waals surface area contributed by atoms with Crippen LogP contribution in [0, 0.1) is 11.3 Å². The molecule has 2 nitrogen and oxygen atoms in total. The molecule has 0 radical (unpaired) electrons. The van der Waals surface area contributed by atoms with E-state index in [4.69, 9.17) is 16.9 Å². The average Bonchev–Trinajstić information content (AvgIpc) is 2.48. The lowest BCUT2D eigenvalue weighted by Gasteiger charge is -1.92. The monoisotopic (exact) mass is 272 g/mol. The van der Waals surface area contributed by atoms with Crippen LogP contribution in [-0.2, 0) is 0 Å². The summed E-state index contributed by atoms with van der Waals surface area (Å²) in [6.07, 6.45) is 0. The first-order chi connectivity index (χ1) is 6.22. The van der Waals surface area contributed by atoms with Crippen LogP contribution in [0.2, 0.25) is 5.02 Å². The minimum atomic E-state index is 0.580. The van der Waals surface area contributed by atoms with E-state index >= 15 is 0 Å². The Kier molecular flexibility index (Phi) is 2.24. The number of thiazole rings is 1. The third-order valence-electron chi connectivity index (χ3n) is 1.59. The Morgan fingerprint density at radius 1 is 1.54 bits per heavy atom. The van der Waals surface area contributed by atoms with Crippen LogP contribution in [0.5, 0.6) is 0 Å². The highest BCUT2D eigenvalue weighted by Gasteiger charge is 2.09. The van der Waals surface area contributed by atoms with Gasteiger partial charge >= 0.3 is 0 Å². The first kappa shape index (κ1) is 8.95. The highest BCUT2D eigenvalue weighted by Crippen LogP contribution is 2.33. The number of fused-ring (bicyclic) bond motifs is 1. The first-order valence-corrected chi connectivity index (χ1v) is 5.36. The van der Waals surface area contributed by atoms with Crippen LogP contribution in [0.3, 0.4) is 0 Å². The fraction of sp³-hybridized carbons (Fsp3) is 0. The van der Waals surface area contributed by atoms with Crippen molar-refractivity contribution < 1.29 is 0 Å². The molecule has 0 N–H and O–H groups in total. The molecule has 0 aliphatic heterocycles. The van der Waals surface area contributed by atoms with Crippen molar-refractivity contribution in [1.29, 1.82) is 5.26 Å². The number of nitriles is 1. The molecular formula is C8H2BrClN2S. The van der Waals surface area contributed by atoms with E-state index in [2.05, 4.69) is 27.0 Å². The molecule has 2 aromatic rings. The lowest BCUT2D eigenvalue weighted by Crippen LogP contribution is -1.76. The first-order valence-electron chi connectivity index (χ1n) is 3.37. The van der Waals surface area contributed by atoms with Gasteiger partial charge in [0.2, 0.25) is 0 Å². The molecule has 0 bridgehead atoms. The number of aromatic nitrogens is 1. The van der Waals surface area contributed by atoms with Gasteiger partial charge in [-0.2, -0.15) is 5.26 Å². The van der Waals surface area contributed by atoms with E-state index in [1.165, 1.54) is 11.3 Å². The average molecular weight is 274 g/mol. The van der Waals surface area contributed by atoms with Crippen LogP contribution >= 0.6 is 38.9 Å². The summed E-state index contributed by atoms with van der Waals surface area (Å²) in [6.45, 7) is 0. The van der Waals surface area contributed by atoms with Gasteiger partial charge in [0.25, 0.3) is 0 Å². The van der Waals surface area contributed by atoms with E-state index in [0.29, 0.717) is 16.1 Å². The predicted octanol–water partition coefficient (Wildman–Crippen LogP) is 3.58. The Hall–Kier alpha value is -0.630. The Morgan fingerprint density at radius 3 is 3.00 bits per heavy atom. The van der Waals surface area contributed by atoms with Gasteiger partial charge < -0.3 is 0 Å². The van der Waals surface area contributed by atoms with Crippen molar-refractivity contribution in [1.82, 2.24) is 4.98 Å². The Labute approximate surface area is 91.9 Å². The van der Waals surface area contributed by atoms with Crippen LogP contribution in [0.25, 0.3) is 10.2 Å². The molecule has 0 saturated carbocycles. The van der Waals surface area contributed by atoms with Crippen molar-refractivity contribution in [3.8, 4) is 6.07 Å². The summed E-state index contributed by atoms with van der Waals surface area (Å²) in [4.78, 5) is 4.17. The molecule has 0 unspecified atom stereocenters. The maximum atomic E-state index is 8.81. The van der Waals surface area contributed by atoms with Gasteiger partial charge in [0.1, 0.15) is 11.6 Å². The molecule has 0 aliphatic rings. The molecule has 0 spiro atoms. The highest BCUT2D eigenvalue weighted by molar-refractivity contribution is 9.11. The van der Waals surface area contributed by atoms with Crippen molar-refractivity contribution >= 4 is 49.1 Å². The molecule has 0 amide bonds. The molecule has 0 aliphatic carbocycles. The molecule has 13 heavy (non-hydrogen) atoms. The third-order valence-corrected chi connectivity index (χ3v) is 3.43. The summed E-state index contributed by atoms with van der Waals surface area (Å²) in [5.74, 6) is 0. The van der Waals surface area contributed by atoms with Gasteiger partial charge in [-0.25, -0.2) is 4.98 Å². The van der Waals surface area contributed by atoms with Crippen LogP contribution < -0.4 is 0 Å². The molecule has 1 aromatic carbocycles. The largest absolute Gasteiger partial charge is 0.227 e. The maximum Gasteiger partial charge on any atom is 0.160 e. The Bertz CT molecular complexity index is 515. The second-order valence-corrected chi connectivity index (χ2v) is 5.03. The molecule has 5 heteroatoms. The molecule has 0 saturated heterocycles. The van der Waals surface area contributed by atoms with Gasteiger partial charge in [0.15, 0.2) is 3.92 Å². The van der Waals surface area contributed by atoms with Gasteiger partial charge in [-0.05, 0) is 28.1 Å². The van der Waals surface area contributed by atoms with Crippen LogP contribution in [0.4, 0.5) is 0 Å². The number of hydrogen-bond donors (Lipinski definition) is 0. The number of nitrogens with zero attached hydrogens (tertiary/aromatic N) is 2. The number of benzene rings is 1. The van der Waals surface area contributed by atoms with Gasteiger partial charge in [0, 0.05) is 0 Å². The predicted molar refractivity (Wildman–Crippen MR) is 57.0 cm³/mol. The summed E-state index contributed by atoms with van der Waals surface area (Å²) in [6, 6.07) is 5.49. The summed E-state index contributed by atoms with van der Waals surface area (Å²) in [7, 11) is 0. The number of rotatable bonds is 0. The van der Waals surface area contributed by atoms with Gasteiger partial charge in [-0.1, -0.05) is 11.6 Å². The second kappa shape index (κ2) is 3.26. The smallest absolute Gasteiger partial charge is 0.160 e. The third kappa shape index (κ3) is 1.44.